The normalized spacial score (nSPS) is 11.4. The van der Waals surface area contributed by atoms with Gasteiger partial charge in [0.15, 0.2) is 0 Å². The maximum absolute atomic E-state index is 13.0. The molecule has 0 aliphatic rings. The monoisotopic (exact) mass is 497 g/mol. The van der Waals surface area contributed by atoms with E-state index in [1.165, 1.54) is 57.6 Å². The lowest BCUT2D eigenvalue weighted by Crippen LogP contribution is -2.14. The van der Waals surface area contributed by atoms with Crippen molar-refractivity contribution < 1.29 is 17.9 Å². The van der Waals surface area contributed by atoms with E-state index in [0.29, 0.717) is 11.3 Å². The summed E-state index contributed by atoms with van der Waals surface area (Å²) in [6.45, 7) is 12.8. The Balaban J connectivity index is 1.83. The van der Waals surface area contributed by atoms with E-state index in [0.717, 1.165) is 10.6 Å². The SMILES string of the molecule is CCOC(=O)c1ccc(S(=O)(=O)Nc2ccccc2SCc2c(C)c(C)c(C)c(C)c2C)cc1. The van der Waals surface area contributed by atoms with Crippen LogP contribution < -0.4 is 4.72 Å². The van der Waals surface area contributed by atoms with Crippen LogP contribution in [0.25, 0.3) is 0 Å². The first kappa shape index (κ1) is 25.8. The highest BCUT2D eigenvalue weighted by Gasteiger charge is 2.18. The third kappa shape index (κ3) is 5.47. The van der Waals surface area contributed by atoms with Crippen LogP contribution in [0, 0.1) is 34.6 Å². The first-order valence-electron chi connectivity index (χ1n) is 11.1. The summed E-state index contributed by atoms with van der Waals surface area (Å²) in [5, 5.41) is 0. The zero-order valence-electron chi connectivity index (χ0n) is 20.5. The van der Waals surface area contributed by atoms with Gasteiger partial charge in [0, 0.05) is 10.6 Å². The largest absolute Gasteiger partial charge is 0.462 e. The molecule has 0 fully saturated rings. The molecule has 0 saturated heterocycles. The molecular weight excluding hydrogens is 466 g/mol. The number of hydrogen-bond acceptors (Lipinski definition) is 5. The first-order valence-corrected chi connectivity index (χ1v) is 13.6. The molecule has 3 aromatic rings. The number of thioether (sulfide) groups is 1. The highest BCUT2D eigenvalue weighted by molar-refractivity contribution is 7.98. The van der Waals surface area contributed by atoms with Crippen LogP contribution in [0.4, 0.5) is 5.69 Å². The van der Waals surface area contributed by atoms with Crippen LogP contribution in [0.3, 0.4) is 0 Å². The van der Waals surface area contributed by atoms with Crippen LogP contribution in [0.1, 0.15) is 50.7 Å². The van der Waals surface area contributed by atoms with Crippen molar-refractivity contribution in [3.63, 3.8) is 0 Å². The van der Waals surface area contributed by atoms with E-state index in [1.807, 2.05) is 18.2 Å². The smallest absolute Gasteiger partial charge is 0.338 e. The highest BCUT2D eigenvalue weighted by Crippen LogP contribution is 2.35. The number of para-hydroxylation sites is 1. The number of carbonyl (C=O) groups is 1. The predicted octanol–water partition coefficient (Wildman–Crippen LogP) is 6.50. The molecule has 3 rings (SSSR count). The summed E-state index contributed by atoms with van der Waals surface area (Å²) < 4.78 is 33.7. The second-order valence-electron chi connectivity index (χ2n) is 8.24. The number of carbonyl (C=O) groups excluding carboxylic acids is 1. The summed E-state index contributed by atoms with van der Waals surface area (Å²) in [5.41, 5.74) is 8.63. The Morgan fingerprint density at radius 3 is 2.00 bits per heavy atom. The van der Waals surface area contributed by atoms with E-state index in [1.54, 1.807) is 24.8 Å². The maximum Gasteiger partial charge on any atom is 0.338 e. The first-order chi connectivity index (χ1) is 16.1. The Morgan fingerprint density at radius 2 is 1.41 bits per heavy atom. The molecule has 0 bridgehead atoms. The second-order valence-corrected chi connectivity index (χ2v) is 10.9. The summed E-state index contributed by atoms with van der Waals surface area (Å²) in [6.07, 6.45) is 0. The third-order valence-corrected chi connectivity index (χ3v) is 8.82. The fraction of sp³-hybridized carbons (Fsp3) is 0.296. The molecule has 0 saturated carbocycles. The molecule has 0 heterocycles. The minimum Gasteiger partial charge on any atom is -0.462 e. The van der Waals surface area contributed by atoms with Gasteiger partial charge in [-0.2, -0.15) is 0 Å². The Morgan fingerprint density at radius 1 is 0.853 bits per heavy atom. The second kappa shape index (κ2) is 10.7. The van der Waals surface area contributed by atoms with E-state index in [-0.39, 0.29) is 11.5 Å². The number of rotatable bonds is 8. The van der Waals surface area contributed by atoms with Gasteiger partial charge < -0.3 is 4.74 Å². The number of benzene rings is 3. The number of sulfonamides is 1. The van der Waals surface area contributed by atoms with Crippen LogP contribution in [0.15, 0.2) is 58.3 Å². The molecule has 0 amide bonds. The molecule has 1 N–H and O–H groups in total. The predicted molar refractivity (Wildman–Crippen MR) is 139 cm³/mol. The molecule has 0 atom stereocenters. The van der Waals surface area contributed by atoms with Gasteiger partial charge >= 0.3 is 5.97 Å². The molecule has 7 heteroatoms. The molecule has 0 spiro atoms. The van der Waals surface area contributed by atoms with Crippen molar-refractivity contribution in [3.05, 3.63) is 87.5 Å². The Kier molecular flexibility index (Phi) is 8.10. The molecule has 0 aliphatic carbocycles. The Bertz CT molecular complexity index is 1280. The van der Waals surface area contributed by atoms with Gasteiger partial charge in [0.05, 0.1) is 22.8 Å². The molecule has 180 valence electrons. The summed E-state index contributed by atoms with van der Waals surface area (Å²) in [4.78, 5) is 12.8. The van der Waals surface area contributed by atoms with Crippen LogP contribution in [-0.4, -0.2) is 21.0 Å². The third-order valence-electron chi connectivity index (χ3n) is 6.33. The van der Waals surface area contributed by atoms with E-state index >= 15 is 0 Å². The summed E-state index contributed by atoms with van der Waals surface area (Å²) in [6, 6.07) is 13.1. The fourth-order valence-corrected chi connectivity index (χ4v) is 6.14. The van der Waals surface area contributed by atoms with Gasteiger partial charge in [0.2, 0.25) is 0 Å². The van der Waals surface area contributed by atoms with Gasteiger partial charge in [0.25, 0.3) is 10.0 Å². The Hall–Kier alpha value is -2.77. The lowest BCUT2D eigenvalue weighted by molar-refractivity contribution is 0.0526. The topological polar surface area (TPSA) is 72.5 Å². The van der Waals surface area contributed by atoms with Crippen molar-refractivity contribution in [1.82, 2.24) is 0 Å². The average molecular weight is 498 g/mol. The molecule has 34 heavy (non-hydrogen) atoms. The van der Waals surface area contributed by atoms with Crippen LogP contribution in [0.2, 0.25) is 0 Å². The quantitative estimate of drug-likeness (QED) is 0.284. The lowest BCUT2D eigenvalue weighted by atomic mass is 9.90. The number of ether oxygens (including phenoxy) is 1. The van der Waals surface area contributed by atoms with Crippen LogP contribution in [-0.2, 0) is 20.5 Å². The van der Waals surface area contributed by atoms with Crippen LogP contribution >= 0.6 is 11.8 Å². The van der Waals surface area contributed by atoms with Crippen molar-refractivity contribution in [2.75, 3.05) is 11.3 Å². The molecule has 0 aliphatic heterocycles. The van der Waals surface area contributed by atoms with Gasteiger partial charge in [-0.05, 0) is 111 Å². The molecule has 0 unspecified atom stereocenters. The Labute approximate surface area is 207 Å². The van der Waals surface area contributed by atoms with Crippen molar-refractivity contribution in [1.29, 1.82) is 0 Å². The number of esters is 1. The standard InChI is InChI=1S/C27H31NO4S2/c1-7-32-27(29)22-12-14-23(15-13-22)34(30,31)28-25-10-8-9-11-26(25)33-16-24-20(5)18(3)17(2)19(4)21(24)6/h8-15,28H,7,16H2,1-6H3. The minimum atomic E-state index is -3.82. The van der Waals surface area contributed by atoms with Crippen molar-refractivity contribution in [2.45, 2.75) is 57.1 Å². The molecule has 5 nitrogen and oxygen atoms in total. The number of hydrogen-bond donors (Lipinski definition) is 1. The van der Waals surface area contributed by atoms with E-state index in [2.05, 4.69) is 39.3 Å². The van der Waals surface area contributed by atoms with Gasteiger partial charge in [-0.1, -0.05) is 12.1 Å². The van der Waals surface area contributed by atoms with Gasteiger partial charge in [-0.3, -0.25) is 4.72 Å². The van der Waals surface area contributed by atoms with Crippen molar-refractivity contribution in [2.24, 2.45) is 0 Å². The molecular formula is C27H31NO4S2. The van der Waals surface area contributed by atoms with Crippen LogP contribution in [0.5, 0.6) is 0 Å². The summed E-state index contributed by atoms with van der Waals surface area (Å²) in [7, 11) is -3.82. The zero-order chi connectivity index (χ0) is 25.0. The van der Waals surface area contributed by atoms with Gasteiger partial charge in [0.1, 0.15) is 0 Å². The molecule has 0 radical (unpaired) electrons. The number of nitrogens with one attached hydrogen (secondary N) is 1. The van der Waals surface area contributed by atoms with Crippen molar-refractivity contribution >= 4 is 33.4 Å². The summed E-state index contributed by atoms with van der Waals surface area (Å²) in [5.74, 6) is 0.264. The molecule has 0 aromatic heterocycles. The van der Waals surface area contributed by atoms with E-state index < -0.39 is 16.0 Å². The van der Waals surface area contributed by atoms with Crippen molar-refractivity contribution in [3.8, 4) is 0 Å². The fourth-order valence-electron chi connectivity index (χ4n) is 3.81. The van der Waals surface area contributed by atoms with Gasteiger partial charge in [-0.25, -0.2) is 13.2 Å². The average Bonchev–Trinajstić information content (AvgIpc) is 2.82. The molecule has 3 aromatic carbocycles. The lowest BCUT2D eigenvalue weighted by Gasteiger charge is -2.19. The van der Waals surface area contributed by atoms with Gasteiger partial charge in [-0.15, -0.1) is 11.8 Å². The minimum absolute atomic E-state index is 0.0804. The summed E-state index contributed by atoms with van der Waals surface area (Å²) >= 11 is 1.61. The maximum atomic E-state index is 13.0. The van der Waals surface area contributed by atoms with E-state index in [9.17, 15) is 13.2 Å². The highest BCUT2D eigenvalue weighted by atomic mass is 32.2. The zero-order valence-corrected chi connectivity index (χ0v) is 22.1. The van der Waals surface area contributed by atoms with E-state index in [4.69, 9.17) is 4.74 Å². The number of anilines is 1.